The Balaban J connectivity index is 1.60. The van der Waals surface area contributed by atoms with Gasteiger partial charge in [-0.3, -0.25) is 9.67 Å². The molecular weight excluding hydrogens is 504 g/mol. The van der Waals surface area contributed by atoms with Crippen molar-refractivity contribution in [1.29, 1.82) is 0 Å². The van der Waals surface area contributed by atoms with Crippen LogP contribution in [0.15, 0.2) is 29.1 Å². The summed E-state index contributed by atoms with van der Waals surface area (Å²) >= 11 is 9.59. The van der Waals surface area contributed by atoms with E-state index in [0.717, 1.165) is 18.5 Å². The number of nitrogens with zero attached hydrogens (tertiary/aromatic N) is 6. The van der Waals surface area contributed by atoms with E-state index in [9.17, 15) is 15.3 Å². The molecule has 32 heavy (non-hydrogen) atoms. The summed E-state index contributed by atoms with van der Waals surface area (Å²) in [6.07, 6.45) is 2.52. The predicted octanol–water partition coefficient (Wildman–Crippen LogP) is 1.86. The normalized spacial score (nSPS) is 28.2. The van der Waals surface area contributed by atoms with Crippen molar-refractivity contribution in [2.45, 2.75) is 56.1 Å². The topological polar surface area (TPSA) is 131 Å². The van der Waals surface area contributed by atoms with Gasteiger partial charge in [0.2, 0.25) is 0 Å². The number of hydrogen-bond donors (Lipinski definition) is 3. The van der Waals surface area contributed by atoms with Gasteiger partial charge in [-0.05, 0) is 41.8 Å². The lowest BCUT2D eigenvalue weighted by molar-refractivity contribution is -0.210. The fraction of sp³-hybridized carbons (Fsp3) is 0.500. The Kier molecular flexibility index (Phi) is 5.81. The summed E-state index contributed by atoms with van der Waals surface area (Å²) in [5, 5.41) is 41.1. The molecule has 0 amide bonds. The van der Waals surface area contributed by atoms with Crippen molar-refractivity contribution in [3.63, 3.8) is 0 Å². The summed E-state index contributed by atoms with van der Waals surface area (Å²) in [4.78, 5) is 9.05. The fourth-order valence-electron chi connectivity index (χ4n) is 4.18. The van der Waals surface area contributed by atoms with Crippen LogP contribution in [-0.4, -0.2) is 69.8 Å². The molecule has 0 bridgehead atoms. The molecule has 4 heterocycles. The molecule has 2 fully saturated rings. The third-order valence-electron chi connectivity index (χ3n) is 5.82. The van der Waals surface area contributed by atoms with E-state index in [4.69, 9.17) is 16.3 Å². The molecule has 12 heteroatoms. The minimum atomic E-state index is -1.22. The summed E-state index contributed by atoms with van der Waals surface area (Å²) in [7, 11) is 0. The molecule has 1 aliphatic carbocycles. The van der Waals surface area contributed by atoms with Crippen LogP contribution < -0.4 is 0 Å². The van der Waals surface area contributed by atoms with Crippen molar-refractivity contribution in [3.8, 4) is 5.69 Å². The Morgan fingerprint density at radius 2 is 2.03 bits per heavy atom. The van der Waals surface area contributed by atoms with E-state index < -0.39 is 37.1 Å². The number of aromatic nitrogens is 6. The second kappa shape index (κ2) is 8.47. The highest BCUT2D eigenvalue weighted by atomic mass is 79.9. The van der Waals surface area contributed by atoms with Gasteiger partial charge in [-0.1, -0.05) is 11.6 Å². The molecule has 10 nitrogen and oxygen atoms in total. The highest BCUT2D eigenvalue weighted by molar-refractivity contribution is 9.10. The molecular formula is C20H22BrClN6O4. The Hall–Kier alpha value is -1.89. The molecule has 3 N–H and O–H groups in total. The predicted molar refractivity (Wildman–Crippen MR) is 117 cm³/mol. The summed E-state index contributed by atoms with van der Waals surface area (Å²) in [5.41, 5.74) is 1.54. The third-order valence-corrected chi connectivity index (χ3v) is 6.43. The van der Waals surface area contributed by atoms with Crippen molar-refractivity contribution < 1.29 is 20.1 Å². The van der Waals surface area contributed by atoms with Gasteiger partial charge in [0.25, 0.3) is 0 Å². The van der Waals surface area contributed by atoms with Crippen molar-refractivity contribution >= 4 is 27.5 Å². The molecule has 0 unspecified atom stereocenters. The maximum atomic E-state index is 11.3. The van der Waals surface area contributed by atoms with Crippen molar-refractivity contribution in [3.05, 3.63) is 51.5 Å². The number of pyridine rings is 1. The minimum Gasteiger partial charge on any atom is -0.394 e. The highest BCUT2D eigenvalue weighted by Gasteiger charge is 2.48. The van der Waals surface area contributed by atoms with Crippen LogP contribution in [0.25, 0.3) is 5.69 Å². The van der Waals surface area contributed by atoms with Crippen LogP contribution in [0.5, 0.6) is 0 Å². The Morgan fingerprint density at radius 3 is 2.69 bits per heavy atom. The van der Waals surface area contributed by atoms with E-state index in [1.807, 2.05) is 0 Å². The molecule has 3 aromatic rings. The number of aliphatic hydroxyl groups is 3. The van der Waals surface area contributed by atoms with Gasteiger partial charge in [-0.25, -0.2) is 9.67 Å². The molecule has 2 aliphatic rings. The van der Waals surface area contributed by atoms with Gasteiger partial charge in [0, 0.05) is 18.3 Å². The van der Waals surface area contributed by atoms with Crippen molar-refractivity contribution in [1.82, 2.24) is 29.5 Å². The van der Waals surface area contributed by atoms with Gasteiger partial charge in [0.15, 0.2) is 5.82 Å². The first kappa shape index (κ1) is 21.9. The second-order valence-corrected chi connectivity index (χ2v) is 9.50. The summed E-state index contributed by atoms with van der Waals surface area (Å²) in [6.45, 7) is 1.30. The van der Waals surface area contributed by atoms with Crippen molar-refractivity contribution in [2.24, 2.45) is 0 Å². The largest absolute Gasteiger partial charge is 0.394 e. The monoisotopic (exact) mass is 524 g/mol. The average molecular weight is 526 g/mol. The van der Waals surface area contributed by atoms with Gasteiger partial charge < -0.3 is 20.1 Å². The zero-order valence-electron chi connectivity index (χ0n) is 17.1. The van der Waals surface area contributed by atoms with E-state index >= 15 is 0 Å². The molecule has 0 radical (unpaired) electrons. The molecule has 1 aliphatic heterocycles. The van der Waals surface area contributed by atoms with Crippen LogP contribution in [0.2, 0.25) is 5.02 Å². The number of rotatable bonds is 5. The van der Waals surface area contributed by atoms with Gasteiger partial charge in [0.1, 0.15) is 36.3 Å². The molecule has 5 rings (SSSR count). The number of halogens is 2. The van der Waals surface area contributed by atoms with E-state index in [0.29, 0.717) is 32.7 Å². The maximum Gasteiger partial charge on any atom is 0.164 e. The molecule has 3 aromatic heterocycles. The van der Waals surface area contributed by atoms with E-state index in [2.05, 4.69) is 36.1 Å². The molecule has 0 aromatic carbocycles. The zero-order chi connectivity index (χ0) is 22.6. The molecule has 1 saturated carbocycles. The summed E-state index contributed by atoms with van der Waals surface area (Å²) < 4.78 is 9.70. The number of aryl methyl sites for hydroxylation is 1. The lowest BCUT2D eigenvalue weighted by Crippen LogP contribution is -2.53. The smallest absolute Gasteiger partial charge is 0.164 e. The number of aliphatic hydroxyl groups excluding tert-OH is 3. The van der Waals surface area contributed by atoms with Gasteiger partial charge in [-0.2, -0.15) is 10.2 Å². The second-order valence-electron chi connectivity index (χ2n) is 8.15. The van der Waals surface area contributed by atoms with Crippen LogP contribution in [0, 0.1) is 6.92 Å². The minimum absolute atomic E-state index is 0.318. The average Bonchev–Trinajstić information content (AvgIpc) is 3.40. The summed E-state index contributed by atoms with van der Waals surface area (Å²) in [6, 6.07) is 0.901. The first-order chi connectivity index (χ1) is 15.4. The maximum absolute atomic E-state index is 11.3. The highest BCUT2D eigenvalue weighted by Crippen LogP contribution is 2.43. The Labute approximate surface area is 197 Å². The fourth-order valence-corrected chi connectivity index (χ4v) is 4.63. The van der Waals surface area contributed by atoms with Gasteiger partial charge >= 0.3 is 0 Å². The van der Waals surface area contributed by atoms with Crippen LogP contribution in [0.4, 0.5) is 0 Å². The van der Waals surface area contributed by atoms with Crippen LogP contribution in [0.3, 0.4) is 0 Å². The van der Waals surface area contributed by atoms with Crippen LogP contribution in [-0.2, 0) is 4.74 Å². The molecule has 5 atom stereocenters. The zero-order valence-corrected chi connectivity index (χ0v) is 19.4. The third kappa shape index (κ3) is 3.87. The Morgan fingerprint density at radius 1 is 1.25 bits per heavy atom. The first-order valence-electron chi connectivity index (χ1n) is 10.3. The Bertz CT molecular complexity index is 1140. The van der Waals surface area contributed by atoms with E-state index in [1.165, 1.54) is 4.68 Å². The van der Waals surface area contributed by atoms with E-state index in [1.54, 1.807) is 36.3 Å². The lowest BCUT2D eigenvalue weighted by Gasteiger charge is -2.41. The lowest BCUT2D eigenvalue weighted by atomic mass is 9.92. The standard InChI is InChI=1S/C20H22BrClN6O4/c1-9-25-20(28(26-9)13-4-12(22)6-23-15(13)10-2-3-10)19-18(31)16(17(30)14(8-29)32-19)27-7-11(21)5-24-27/h4-7,10,14,16-19,29-31H,2-3,8H2,1H3/t14-,16+,17+,18-,19-/m1/s1. The molecule has 1 saturated heterocycles. The van der Waals surface area contributed by atoms with Gasteiger partial charge in [-0.15, -0.1) is 0 Å². The quantitative estimate of drug-likeness (QED) is 0.460. The molecule has 170 valence electrons. The molecule has 0 spiro atoms. The first-order valence-corrected chi connectivity index (χ1v) is 11.5. The van der Waals surface area contributed by atoms with Gasteiger partial charge in [0.05, 0.1) is 33.7 Å². The van der Waals surface area contributed by atoms with Crippen LogP contribution in [0.1, 0.15) is 48.2 Å². The SMILES string of the molecule is Cc1nc([C@@H]2O[C@H](CO)[C@H](O)[C@H](n3cc(Br)cn3)[C@H]2O)n(-c2cc(Cl)cnc2C2CC2)n1. The van der Waals surface area contributed by atoms with E-state index in [-0.39, 0.29) is 0 Å². The summed E-state index contributed by atoms with van der Waals surface area (Å²) in [5.74, 6) is 1.13. The van der Waals surface area contributed by atoms with Crippen molar-refractivity contribution in [2.75, 3.05) is 6.61 Å². The van der Waals surface area contributed by atoms with Crippen LogP contribution >= 0.6 is 27.5 Å². The number of hydrogen-bond acceptors (Lipinski definition) is 8. The number of ether oxygens (including phenoxy) is 1.